The number of likely N-dealkylation sites (tertiary alicyclic amines) is 2. The monoisotopic (exact) mass is 604 g/mol. The van der Waals surface area contributed by atoms with Gasteiger partial charge in [0.1, 0.15) is 11.5 Å². The van der Waals surface area contributed by atoms with E-state index in [9.17, 15) is 9.59 Å². The fraction of sp³-hybridized carbons (Fsp3) is 0.632. The molecule has 0 bridgehead atoms. The molecule has 242 valence electrons. The Morgan fingerprint density at radius 2 is 0.932 bits per heavy atom. The topological polar surface area (TPSA) is 59.1 Å². The zero-order chi connectivity index (χ0) is 31.0. The Morgan fingerprint density at radius 3 is 1.27 bits per heavy atom. The summed E-state index contributed by atoms with van der Waals surface area (Å²) in [6.45, 7) is 9.68. The summed E-state index contributed by atoms with van der Waals surface area (Å²) >= 11 is 0. The molecule has 0 aromatic heterocycles. The number of carbonyl (C=O) groups excluding carboxylic acids is 2. The predicted molar refractivity (Wildman–Crippen MR) is 179 cm³/mol. The number of ether oxygens (including phenoxy) is 2. The van der Waals surface area contributed by atoms with Gasteiger partial charge in [-0.3, -0.25) is 19.4 Å². The van der Waals surface area contributed by atoms with Crippen molar-refractivity contribution in [2.24, 2.45) is 0 Å². The van der Waals surface area contributed by atoms with Crippen LogP contribution in [0.15, 0.2) is 48.5 Å². The highest BCUT2D eigenvalue weighted by Crippen LogP contribution is 2.25. The molecule has 0 radical (unpaired) electrons. The maximum Gasteiger partial charge on any atom is 0.179 e. The normalized spacial score (nSPS) is 17.6. The van der Waals surface area contributed by atoms with Crippen LogP contribution >= 0.6 is 0 Å². The second kappa shape index (κ2) is 19.0. The lowest BCUT2D eigenvalue weighted by atomic mass is 9.92. The zero-order valence-electron chi connectivity index (χ0n) is 27.4. The Hall–Kier alpha value is -2.70. The van der Waals surface area contributed by atoms with Crippen LogP contribution in [0.25, 0.3) is 0 Å². The summed E-state index contributed by atoms with van der Waals surface area (Å²) in [6, 6.07) is 15.3. The Labute approximate surface area is 266 Å². The van der Waals surface area contributed by atoms with Crippen molar-refractivity contribution >= 4 is 11.6 Å². The van der Waals surface area contributed by atoms with Crippen molar-refractivity contribution in [1.29, 1.82) is 0 Å². The van der Waals surface area contributed by atoms with Gasteiger partial charge in [0.15, 0.2) is 11.6 Å². The Kier molecular flexibility index (Phi) is 14.7. The minimum atomic E-state index is -0.105. The highest BCUT2D eigenvalue weighted by atomic mass is 16.5. The van der Waals surface area contributed by atoms with Gasteiger partial charge in [0.25, 0.3) is 0 Å². The van der Waals surface area contributed by atoms with Gasteiger partial charge in [-0.2, -0.15) is 0 Å². The maximum absolute atomic E-state index is 13.8. The van der Waals surface area contributed by atoms with E-state index in [0.717, 1.165) is 126 Å². The van der Waals surface area contributed by atoms with Crippen LogP contribution in [0.1, 0.15) is 124 Å². The number of benzene rings is 2. The Bertz CT molecular complexity index is 1020. The van der Waals surface area contributed by atoms with Crippen molar-refractivity contribution in [1.82, 2.24) is 9.80 Å². The molecule has 2 aromatic rings. The van der Waals surface area contributed by atoms with Gasteiger partial charge in [-0.1, -0.05) is 52.4 Å². The molecule has 6 nitrogen and oxygen atoms in total. The average Bonchev–Trinajstić information content (AvgIpc) is 3.07. The van der Waals surface area contributed by atoms with Crippen molar-refractivity contribution in [2.75, 3.05) is 39.4 Å². The zero-order valence-corrected chi connectivity index (χ0v) is 27.4. The quantitative estimate of drug-likeness (QED) is 0.119. The molecule has 2 atom stereocenters. The van der Waals surface area contributed by atoms with Crippen LogP contribution in [0.3, 0.4) is 0 Å². The van der Waals surface area contributed by atoms with Gasteiger partial charge in [-0.15, -0.1) is 0 Å². The highest BCUT2D eigenvalue weighted by molar-refractivity contribution is 6.00. The SMILES string of the molecule is CCCCOc1ccc(C(=O)C(CCCCC(C(=O)c2ccc(OCCCC)cc2)N2CCCCC2)N2CCCCC2)cc1. The highest BCUT2D eigenvalue weighted by Gasteiger charge is 2.30. The van der Waals surface area contributed by atoms with E-state index in [1.165, 1.54) is 12.8 Å². The van der Waals surface area contributed by atoms with Crippen LogP contribution in [0.5, 0.6) is 11.5 Å². The molecule has 44 heavy (non-hydrogen) atoms. The van der Waals surface area contributed by atoms with Crippen LogP contribution in [-0.4, -0.2) is 72.8 Å². The van der Waals surface area contributed by atoms with Crippen molar-refractivity contribution in [3.8, 4) is 11.5 Å². The van der Waals surface area contributed by atoms with Crippen LogP contribution in [0, 0.1) is 0 Å². The van der Waals surface area contributed by atoms with Gasteiger partial charge < -0.3 is 9.47 Å². The molecule has 2 aliphatic heterocycles. The molecule has 0 saturated carbocycles. The second-order valence-electron chi connectivity index (χ2n) is 12.7. The standard InChI is InChI=1S/C38H56N2O4/c1-3-5-29-43-33-21-17-31(18-22-33)37(41)35(39-25-11-7-12-26-39)15-9-10-16-36(40-27-13-8-14-28-40)38(42)32-19-23-34(24-20-32)44-30-6-4-2/h17-24,35-36H,3-16,25-30H2,1-2H3. The fourth-order valence-electron chi connectivity index (χ4n) is 6.58. The summed E-state index contributed by atoms with van der Waals surface area (Å²) in [5.74, 6) is 2.10. The van der Waals surface area contributed by atoms with Crippen molar-refractivity contribution in [3.63, 3.8) is 0 Å². The first-order valence-corrected chi connectivity index (χ1v) is 17.6. The Morgan fingerprint density at radius 1 is 0.568 bits per heavy atom. The van der Waals surface area contributed by atoms with Gasteiger partial charge in [-0.25, -0.2) is 0 Å². The first-order valence-electron chi connectivity index (χ1n) is 17.6. The molecule has 2 aromatic carbocycles. The summed E-state index contributed by atoms with van der Waals surface area (Å²) in [6.07, 6.45) is 14.9. The van der Waals surface area contributed by atoms with Gasteiger partial charge in [0.05, 0.1) is 25.3 Å². The summed E-state index contributed by atoms with van der Waals surface area (Å²) in [7, 11) is 0. The number of ketones is 2. The molecular formula is C38H56N2O4. The lowest BCUT2D eigenvalue weighted by Crippen LogP contribution is -2.45. The third-order valence-corrected chi connectivity index (χ3v) is 9.28. The number of nitrogens with zero attached hydrogens (tertiary/aromatic N) is 2. The molecule has 2 unspecified atom stereocenters. The van der Waals surface area contributed by atoms with Crippen LogP contribution in [0.2, 0.25) is 0 Å². The molecular weight excluding hydrogens is 548 g/mol. The molecule has 6 heteroatoms. The number of carbonyl (C=O) groups is 2. The summed E-state index contributed by atoms with van der Waals surface area (Å²) in [5, 5.41) is 0. The fourth-order valence-corrected chi connectivity index (χ4v) is 6.58. The third-order valence-electron chi connectivity index (χ3n) is 9.28. The van der Waals surface area contributed by atoms with E-state index in [0.29, 0.717) is 13.2 Å². The third kappa shape index (κ3) is 10.4. The van der Waals surface area contributed by atoms with E-state index in [1.54, 1.807) is 0 Å². The van der Waals surface area contributed by atoms with Crippen molar-refractivity contribution < 1.29 is 19.1 Å². The van der Waals surface area contributed by atoms with Crippen LogP contribution in [0.4, 0.5) is 0 Å². The number of Topliss-reactive ketones (excluding diaryl/α,β-unsaturated/α-hetero) is 2. The molecule has 4 rings (SSSR count). The van der Waals surface area contributed by atoms with E-state index in [1.807, 2.05) is 48.5 Å². The van der Waals surface area contributed by atoms with E-state index < -0.39 is 0 Å². The lowest BCUT2D eigenvalue weighted by Gasteiger charge is -2.35. The molecule has 2 fully saturated rings. The van der Waals surface area contributed by atoms with Gasteiger partial charge in [-0.05, 0) is 126 Å². The van der Waals surface area contributed by atoms with Crippen molar-refractivity contribution in [2.45, 2.75) is 116 Å². The number of rotatable bonds is 19. The maximum atomic E-state index is 13.8. The van der Waals surface area contributed by atoms with E-state index in [-0.39, 0.29) is 23.7 Å². The molecule has 2 aliphatic rings. The number of hydrogen-bond acceptors (Lipinski definition) is 6. The predicted octanol–water partition coefficient (Wildman–Crippen LogP) is 8.38. The van der Waals surface area contributed by atoms with E-state index in [2.05, 4.69) is 23.6 Å². The molecule has 0 aliphatic carbocycles. The van der Waals surface area contributed by atoms with E-state index in [4.69, 9.17) is 9.47 Å². The van der Waals surface area contributed by atoms with Crippen LogP contribution in [-0.2, 0) is 0 Å². The first kappa shape index (κ1) is 34.2. The van der Waals surface area contributed by atoms with E-state index >= 15 is 0 Å². The minimum absolute atomic E-state index is 0.105. The summed E-state index contributed by atoms with van der Waals surface area (Å²) in [5.41, 5.74) is 1.54. The van der Waals surface area contributed by atoms with Crippen LogP contribution < -0.4 is 9.47 Å². The molecule has 2 saturated heterocycles. The number of hydrogen-bond donors (Lipinski definition) is 0. The Balaban J connectivity index is 1.38. The first-order chi connectivity index (χ1) is 21.6. The molecule has 2 heterocycles. The molecule has 0 spiro atoms. The smallest absolute Gasteiger partial charge is 0.179 e. The summed E-state index contributed by atoms with van der Waals surface area (Å²) < 4.78 is 11.7. The van der Waals surface area contributed by atoms with Gasteiger partial charge >= 0.3 is 0 Å². The molecule has 0 amide bonds. The summed E-state index contributed by atoms with van der Waals surface area (Å²) in [4.78, 5) is 32.5. The second-order valence-corrected chi connectivity index (χ2v) is 12.7. The van der Waals surface area contributed by atoms with Gasteiger partial charge in [0, 0.05) is 11.1 Å². The number of unbranched alkanes of at least 4 members (excludes halogenated alkanes) is 3. The largest absolute Gasteiger partial charge is 0.494 e. The van der Waals surface area contributed by atoms with Gasteiger partial charge in [0.2, 0.25) is 0 Å². The average molecular weight is 605 g/mol. The van der Waals surface area contributed by atoms with Crippen molar-refractivity contribution in [3.05, 3.63) is 59.7 Å². The molecule has 0 N–H and O–H groups in total. The minimum Gasteiger partial charge on any atom is -0.494 e. The number of piperidine rings is 2. The lowest BCUT2D eigenvalue weighted by molar-refractivity contribution is 0.0733.